The van der Waals surface area contributed by atoms with Gasteiger partial charge in [-0.3, -0.25) is 0 Å². The fourth-order valence-electron chi connectivity index (χ4n) is 4.58. The molecule has 2 aliphatic heterocycles. The van der Waals surface area contributed by atoms with E-state index < -0.39 is 0 Å². The highest BCUT2D eigenvalue weighted by Gasteiger charge is 2.18. The molecule has 2 aromatic carbocycles. The highest BCUT2D eigenvalue weighted by atomic mass is 16.5. The van der Waals surface area contributed by atoms with E-state index in [9.17, 15) is 0 Å². The van der Waals surface area contributed by atoms with E-state index in [4.69, 9.17) is 23.9 Å². The quantitative estimate of drug-likeness (QED) is 0.488. The second kappa shape index (κ2) is 11.5. The fraction of sp³-hybridized carbons (Fsp3) is 0.407. The summed E-state index contributed by atoms with van der Waals surface area (Å²) in [7, 11) is 5.24. The Morgan fingerprint density at radius 3 is 2.08 bits per heavy atom. The maximum Gasteiger partial charge on any atom is 0.229 e. The number of ether oxygens (including phenoxy) is 4. The SMILES string of the molecule is COc1ccc(OC)c(N(C)c2ccnc(Nc3cc(N4CCOCC4)cc(N4CCOCC4)c3)n2)c1. The molecule has 0 amide bonds. The van der Waals surface area contributed by atoms with Gasteiger partial charge in [-0.1, -0.05) is 0 Å². The van der Waals surface area contributed by atoms with Gasteiger partial charge >= 0.3 is 0 Å². The van der Waals surface area contributed by atoms with Gasteiger partial charge in [-0.05, 0) is 36.4 Å². The number of morpholine rings is 2. The van der Waals surface area contributed by atoms with Gasteiger partial charge in [0.2, 0.25) is 5.95 Å². The number of anilines is 6. The lowest BCUT2D eigenvalue weighted by atomic mass is 10.2. The minimum atomic E-state index is 0.512. The number of aromatic nitrogens is 2. The number of rotatable bonds is 8. The lowest BCUT2D eigenvalue weighted by molar-refractivity contribution is 0.122. The zero-order valence-corrected chi connectivity index (χ0v) is 21.6. The average Bonchev–Trinajstić information content (AvgIpc) is 2.97. The lowest BCUT2D eigenvalue weighted by Gasteiger charge is -2.33. The maximum absolute atomic E-state index is 5.57. The molecule has 0 unspecified atom stereocenters. The first-order valence-corrected chi connectivity index (χ1v) is 12.5. The van der Waals surface area contributed by atoms with E-state index in [1.165, 1.54) is 0 Å². The number of benzene rings is 2. The van der Waals surface area contributed by atoms with E-state index in [1.807, 2.05) is 36.2 Å². The van der Waals surface area contributed by atoms with Crippen molar-refractivity contribution in [1.29, 1.82) is 0 Å². The van der Waals surface area contributed by atoms with Crippen molar-refractivity contribution in [2.24, 2.45) is 0 Å². The second-order valence-corrected chi connectivity index (χ2v) is 8.90. The van der Waals surface area contributed by atoms with Gasteiger partial charge in [0.25, 0.3) is 0 Å². The van der Waals surface area contributed by atoms with Gasteiger partial charge in [0.15, 0.2) is 0 Å². The molecule has 10 heteroatoms. The molecule has 0 radical (unpaired) electrons. The number of nitrogens with zero attached hydrogens (tertiary/aromatic N) is 5. The Labute approximate surface area is 217 Å². The van der Waals surface area contributed by atoms with E-state index in [0.717, 1.165) is 92.7 Å². The molecule has 1 aromatic heterocycles. The second-order valence-electron chi connectivity index (χ2n) is 8.90. The van der Waals surface area contributed by atoms with E-state index >= 15 is 0 Å². The zero-order valence-electron chi connectivity index (χ0n) is 21.6. The molecule has 0 aliphatic carbocycles. The molecule has 0 saturated carbocycles. The van der Waals surface area contributed by atoms with Crippen molar-refractivity contribution < 1.29 is 18.9 Å². The molecule has 5 rings (SSSR count). The van der Waals surface area contributed by atoms with Crippen LogP contribution in [0.15, 0.2) is 48.7 Å². The van der Waals surface area contributed by atoms with Crippen LogP contribution >= 0.6 is 0 Å². The van der Waals surface area contributed by atoms with Gasteiger partial charge in [0, 0.05) is 62.6 Å². The first-order chi connectivity index (χ1) is 18.1. The summed E-state index contributed by atoms with van der Waals surface area (Å²) in [5.74, 6) is 2.70. The van der Waals surface area contributed by atoms with Crippen LogP contribution in [-0.4, -0.2) is 83.8 Å². The minimum Gasteiger partial charge on any atom is -0.497 e. The van der Waals surface area contributed by atoms with Crippen molar-refractivity contribution in [3.8, 4) is 11.5 Å². The summed E-state index contributed by atoms with van der Waals surface area (Å²) in [5, 5.41) is 3.44. The molecule has 2 fully saturated rings. The Balaban J connectivity index is 1.43. The normalized spacial score (nSPS) is 15.9. The van der Waals surface area contributed by atoms with Crippen LogP contribution in [0.3, 0.4) is 0 Å². The third kappa shape index (κ3) is 5.81. The number of methoxy groups -OCH3 is 2. The van der Waals surface area contributed by atoms with Gasteiger partial charge in [-0.25, -0.2) is 4.98 Å². The molecule has 0 atom stereocenters. The van der Waals surface area contributed by atoms with Crippen LogP contribution in [0.4, 0.5) is 34.5 Å². The predicted octanol–water partition coefficient (Wildman–Crippen LogP) is 3.68. The van der Waals surface area contributed by atoms with Gasteiger partial charge in [0.05, 0.1) is 46.3 Å². The van der Waals surface area contributed by atoms with Crippen LogP contribution in [-0.2, 0) is 9.47 Å². The molecule has 0 bridgehead atoms. The third-order valence-electron chi connectivity index (χ3n) is 6.64. The number of nitrogens with one attached hydrogen (secondary N) is 1. The van der Waals surface area contributed by atoms with Crippen molar-refractivity contribution in [3.63, 3.8) is 0 Å². The Morgan fingerprint density at radius 2 is 1.49 bits per heavy atom. The van der Waals surface area contributed by atoms with Crippen LogP contribution in [0.2, 0.25) is 0 Å². The first-order valence-electron chi connectivity index (χ1n) is 12.5. The van der Waals surface area contributed by atoms with Crippen LogP contribution in [0, 0.1) is 0 Å². The first kappa shape index (κ1) is 24.9. The summed E-state index contributed by atoms with van der Waals surface area (Å²) in [5.41, 5.74) is 4.09. The zero-order chi connectivity index (χ0) is 25.6. The molecule has 2 saturated heterocycles. The lowest BCUT2D eigenvalue weighted by Crippen LogP contribution is -2.38. The Kier molecular flexibility index (Phi) is 7.76. The van der Waals surface area contributed by atoms with Crippen LogP contribution < -0.4 is 29.5 Å². The molecule has 196 valence electrons. The van der Waals surface area contributed by atoms with Crippen molar-refractivity contribution in [2.75, 3.05) is 93.9 Å². The largest absolute Gasteiger partial charge is 0.497 e. The molecule has 1 N–H and O–H groups in total. The molecule has 0 spiro atoms. The number of hydrogen-bond acceptors (Lipinski definition) is 10. The summed E-state index contributed by atoms with van der Waals surface area (Å²) < 4.78 is 22.1. The van der Waals surface area contributed by atoms with Crippen molar-refractivity contribution >= 4 is 34.5 Å². The minimum absolute atomic E-state index is 0.512. The highest BCUT2D eigenvalue weighted by molar-refractivity contribution is 5.73. The number of hydrogen-bond donors (Lipinski definition) is 1. The van der Waals surface area contributed by atoms with Crippen molar-refractivity contribution in [2.45, 2.75) is 0 Å². The molecular formula is C27H34N6O4. The van der Waals surface area contributed by atoms with Gasteiger partial charge in [-0.2, -0.15) is 4.98 Å². The Bertz CT molecular complexity index is 1160. The summed E-state index contributed by atoms with van der Waals surface area (Å²) in [6.07, 6.45) is 1.75. The summed E-state index contributed by atoms with van der Waals surface area (Å²) in [4.78, 5) is 16.0. The van der Waals surface area contributed by atoms with Gasteiger partial charge in [-0.15, -0.1) is 0 Å². The van der Waals surface area contributed by atoms with Gasteiger partial charge in [0.1, 0.15) is 17.3 Å². The van der Waals surface area contributed by atoms with Crippen molar-refractivity contribution in [1.82, 2.24) is 9.97 Å². The van der Waals surface area contributed by atoms with E-state index in [-0.39, 0.29) is 0 Å². The molecule has 37 heavy (non-hydrogen) atoms. The molecule has 3 heterocycles. The highest BCUT2D eigenvalue weighted by Crippen LogP contribution is 2.35. The Morgan fingerprint density at radius 1 is 0.838 bits per heavy atom. The smallest absolute Gasteiger partial charge is 0.229 e. The third-order valence-corrected chi connectivity index (χ3v) is 6.64. The topological polar surface area (TPSA) is 84.5 Å². The molecule has 10 nitrogen and oxygen atoms in total. The maximum atomic E-state index is 5.57. The van der Waals surface area contributed by atoms with Crippen LogP contribution in [0.25, 0.3) is 0 Å². The van der Waals surface area contributed by atoms with Gasteiger partial charge < -0.3 is 39.0 Å². The molecule has 2 aliphatic rings. The van der Waals surface area contributed by atoms with E-state index in [0.29, 0.717) is 5.95 Å². The van der Waals surface area contributed by atoms with Crippen LogP contribution in [0.5, 0.6) is 11.5 Å². The standard InChI is InChI=1S/C27H34N6O4/c1-31(24-19-23(34-2)4-5-25(24)35-3)26-6-7-28-27(30-26)29-20-16-21(32-8-12-36-13-9-32)18-22(17-20)33-10-14-37-15-11-33/h4-7,16-19H,8-15H2,1-3H3,(H,28,29,30). The monoisotopic (exact) mass is 506 g/mol. The fourth-order valence-corrected chi connectivity index (χ4v) is 4.58. The van der Waals surface area contributed by atoms with Crippen molar-refractivity contribution in [3.05, 3.63) is 48.7 Å². The summed E-state index contributed by atoms with van der Waals surface area (Å²) in [6.45, 7) is 6.39. The summed E-state index contributed by atoms with van der Waals surface area (Å²) in [6, 6.07) is 14.1. The summed E-state index contributed by atoms with van der Waals surface area (Å²) >= 11 is 0. The Hall–Kier alpha value is -3.76. The average molecular weight is 507 g/mol. The predicted molar refractivity (Wildman–Crippen MR) is 145 cm³/mol. The van der Waals surface area contributed by atoms with E-state index in [1.54, 1.807) is 20.4 Å². The molecular weight excluding hydrogens is 472 g/mol. The molecule has 3 aromatic rings. The van der Waals surface area contributed by atoms with E-state index in [2.05, 4.69) is 38.3 Å². The van der Waals surface area contributed by atoms with Crippen LogP contribution in [0.1, 0.15) is 0 Å².